The van der Waals surface area contributed by atoms with Gasteiger partial charge in [-0.2, -0.15) is 0 Å². The SMILES string of the molecule is C[C@@H](C(=O)NCc1ccccc1)N1CCc2sccc2C1. The topological polar surface area (TPSA) is 32.3 Å². The second kappa shape index (κ2) is 6.41. The smallest absolute Gasteiger partial charge is 0.237 e. The van der Waals surface area contributed by atoms with Gasteiger partial charge >= 0.3 is 0 Å². The summed E-state index contributed by atoms with van der Waals surface area (Å²) in [7, 11) is 0. The summed E-state index contributed by atoms with van der Waals surface area (Å²) >= 11 is 1.83. The molecule has 2 aromatic rings. The maximum absolute atomic E-state index is 12.3. The lowest BCUT2D eigenvalue weighted by Gasteiger charge is -2.31. The summed E-state index contributed by atoms with van der Waals surface area (Å²) in [5, 5.41) is 5.18. The van der Waals surface area contributed by atoms with E-state index in [1.165, 1.54) is 10.4 Å². The van der Waals surface area contributed by atoms with E-state index in [4.69, 9.17) is 0 Å². The maximum atomic E-state index is 12.3. The third-order valence-corrected chi connectivity index (χ3v) is 5.10. The van der Waals surface area contributed by atoms with Gasteiger partial charge < -0.3 is 5.32 Å². The molecule has 1 atom stereocenters. The predicted octanol–water partition coefficient (Wildman–Crippen LogP) is 2.81. The molecular weight excluding hydrogens is 280 g/mol. The lowest BCUT2D eigenvalue weighted by molar-refractivity contribution is -0.126. The minimum atomic E-state index is -0.0817. The molecule has 0 saturated heterocycles. The molecule has 1 N–H and O–H groups in total. The Hall–Kier alpha value is -1.65. The van der Waals surface area contributed by atoms with E-state index in [1.807, 2.05) is 48.6 Å². The highest BCUT2D eigenvalue weighted by atomic mass is 32.1. The summed E-state index contributed by atoms with van der Waals surface area (Å²) in [6.45, 7) is 4.45. The second-order valence-electron chi connectivity index (χ2n) is 5.47. The first-order valence-electron chi connectivity index (χ1n) is 7.35. The van der Waals surface area contributed by atoms with E-state index in [1.54, 1.807) is 0 Å². The molecule has 0 radical (unpaired) electrons. The standard InChI is InChI=1S/C17H20N2OS/c1-13(17(20)18-11-14-5-3-2-4-6-14)19-9-7-16-15(12-19)8-10-21-16/h2-6,8,10,13H,7,9,11-12H2,1H3,(H,18,20)/t13-/m0/s1. The molecule has 0 unspecified atom stereocenters. The van der Waals surface area contributed by atoms with Crippen molar-refractivity contribution in [2.24, 2.45) is 0 Å². The monoisotopic (exact) mass is 300 g/mol. The summed E-state index contributed by atoms with van der Waals surface area (Å²) in [6.07, 6.45) is 1.06. The van der Waals surface area contributed by atoms with Crippen LogP contribution in [0, 0.1) is 0 Å². The lowest BCUT2D eigenvalue weighted by atomic mass is 10.1. The Balaban J connectivity index is 1.55. The molecule has 1 aliphatic heterocycles. The van der Waals surface area contributed by atoms with Crippen LogP contribution in [-0.4, -0.2) is 23.4 Å². The van der Waals surface area contributed by atoms with E-state index in [0.29, 0.717) is 6.54 Å². The first-order chi connectivity index (χ1) is 10.2. The molecule has 3 nitrogen and oxygen atoms in total. The van der Waals surface area contributed by atoms with Gasteiger partial charge in [-0.1, -0.05) is 30.3 Å². The van der Waals surface area contributed by atoms with Crippen LogP contribution in [0.3, 0.4) is 0 Å². The highest BCUT2D eigenvalue weighted by Gasteiger charge is 2.25. The fourth-order valence-electron chi connectivity index (χ4n) is 2.70. The number of benzene rings is 1. The lowest BCUT2D eigenvalue weighted by Crippen LogP contribution is -2.46. The van der Waals surface area contributed by atoms with Gasteiger partial charge in [-0.15, -0.1) is 11.3 Å². The van der Waals surface area contributed by atoms with E-state index >= 15 is 0 Å². The van der Waals surface area contributed by atoms with Gasteiger partial charge in [0.2, 0.25) is 5.91 Å². The van der Waals surface area contributed by atoms with E-state index in [0.717, 1.165) is 25.1 Å². The van der Waals surface area contributed by atoms with E-state index in [2.05, 4.69) is 21.7 Å². The van der Waals surface area contributed by atoms with E-state index in [9.17, 15) is 4.79 Å². The molecule has 1 aromatic heterocycles. The van der Waals surface area contributed by atoms with E-state index in [-0.39, 0.29) is 11.9 Å². The van der Waals surface area contributed by atoms with Crippen LogP contribution in [-0.2, 0) is 24.3 Å². The number of thiophene rings is 1. The summed E-state index contributed by atoms with van der Waals surface area (Å²) in [5.41, 5.74) is 2.52. The molecule has 21 heavy (non-hydrogen) atoms. The van der Waals surface area contributed by atoms with Crippen molar-refractivity contribution in [3.8, 4) is 0 Å². The molecule has 1 aromatic carbocycles. The summed E-state index contributed by atoms with van der Waals surface area (Å²) in [4.78, 5) is 16.1. The van der Waals surface area contributed by atoms with Gasteiger partial charge in [0.25, 0.3) is 0 Å². The van der Waals surface area contributed by atoms with Crippen molar-refractivity contribution in [2.75, 3.05) is 6.54 Å². The Labute approximate surface area is 129 Å². The minimum Gasteiger partial charge on any atom is -0.351 e. The van der Waals surface area contributed by atoms with Crippen LogP contribution >= 0.6 is 11.3 Å². The van der Waals surface area contributed by atoms with Gasteiger partial charge in [-0.05, 0) is 35.9 Å². The maximum Gasteiger partial charge on any atom is 0.237 e. The van der Waals surface area contributed by atoms with Gasteiger partial charge in [0, 0.05) is 24.5 Å². The van der Waals surface area contributed by atoms with Gasteiger partial charge in [0.1, 0.15) is 0 Å². The quantitative estimate of drug-likeness (QED) is 0.941. The van der Waals surface area contributed by atoms with Crippen LogP contribution in [0.2, 0.25) is 0 Å². The van der Waals surface area contributed by atoms with Gasteiger partial charge in [-0.25, -0.2) is 0 Å². The fourth-order valence-corrected chi connectivity index (χ4v) is 3.59. The number of fused-ring (bicyclic) bond motifs is 1. The van der Waals surface area contributed by atoms with Gasteiger partial charge in [0.05, 0.1) is 6.04 Å². The minimum absolute atomic E-state index is 0.0817. The highest BCUT2D eigenvalue weighted by molar-refractivity contribution is 7.10. The predicted molar refractivity (Wildman–Crippen MR) is 86.2 cm³/mol. The molecular formula is C17H20N2OS. The number of amides is 1. The molecule has 1 amide bonds. The molecule has 3 rings (SSSR count). The molecule has 4 heteroatoms. The first-order valence-corrected chi connectivity index (χ1v) is 8.23. The Morgan fingerprint density at radius 1 is 1.33 bits per heavy atom. The number of rotatable bonds is 4. The second-order valence-corrected chi connectivity index (χ2v) is 6.47. The fraction of sp³-hybridized carbons (Fsp3) is 0.353. The van der Waals surface area contributed by atoms with Crippen molar-refractivity contribution in [1.29, 1.82) is 0 Å². The Bertz CT molecular complexity index is 608. The van der Waals surface area contributed by atoms with Crippen LogP contribution in [0.1, 0.15) is 22.9 Å². The van der Waals surface area contributed by atoms with Crippen molar-refractivity contribution in [3.05, 3.63) is 57.8 Å². The van der Waals surface area contributed by atoms with Crippen molar-refractivity contribution in [1.82, 2.24) is 10.2 Å². The van der Waals surface area contributed by atoms with Crippen molar-refractivity contribution in [3.63, 3.8) is 0 Å². The van der Waals surface area contributed by atoms with Crippen molar-refractivity contribution in [2.45, 2.75) is 32.5 Å². The van der Waals surface area contributed by atoms with Crippen LogP contribution in [0.15, 0.2) is 41.8 Å². The number of nitrogens with zero attached hydrogens (tertiary/aromatic N) is 1. The summed E-state index contributed by atoms with van der Waals surface area (Å²) in [6, 6.07) is 12.1. The largest absolute Gasteiger partial charge is 0.351 e. The highest BCUT2D eigenvalue weighted by Crippen LogP contribution is 2.25. The summed E-state index contributed by atoms with van der Waals surface area (Å²) in [5.74, 6) is 0.109. The first kappa shape index (κ1) is 14.3. The molecule has 0 spiro atoms. The van der Waals surface area contributed by atoms with Crippen LogP contribution in [0.25, 0.3) is 0 Å². The van der Waals surface area contributed by atoms with Gasteiger partial charge in [0.15, 0.2) is 0 Å². The number of nitrogens with one attached hydrogen (secondary N) is 1. The third-order valence-electron chi connectivity index (χ3n) is 4.07. The number of carbonyl (C=O) groups is 1. The van der Waals surface area contributed by atoms with Crippen LogP contribution < -0.4 is 5.32 Å². The molecule has 0 aliphatic carbocycles. The van der Waals surface area contributed by atoms with Crippen LogP contribution in [0.5, 0.6) is 0 Å². The third kappa shape index (κ3) is 3.34. The van der Waals surface area contributed by atoms with Crippen LogP contribution in [0.4, 0.5) is 0 Å². The Morgan fingerprint density at radius 3 is 2.95 bits per heavy atom. The Morgan fingerprint density at radius 2 is 2.14 bits per heavy atom. The average Bonchev–Trinajstić information content (AvgIpc) is 3.00. The average molecular weight is 300 g/mol. The normalized spacial score (nSPS) is 16.2. The zero-order valence-corrected chi connectivity index (χ0v) is 13.0. The van der Waals surface area contributed by atoms with Crippen molar-refractivity contribution < 1.29 is 4.79 Å². The number of hydrogen-bond donors (Lipinski definition) is 1. The molecule has 0 bridgehead atoms. The molecule has 1 aliphatic rings. The molecule has 0 fully saturated rings. The number of carbonyl (C=O) groups excluding carboxylic acids is 1. The Kier molecular flexibility index (Phi) is 4.36. The van der Waals surface area contributed by atoms with Crippen molar-refractivity contribution >= 4 is 17.2 Å². The number of hydrogen-bond acceptors (Lipinski definition) is 3. The molecule has 0 saturated carbocycles. The van der Waals surface area contributed by atoms with Gasteiger partial charge in [-0.3, -0.25) is 9.69 Å². The molecule has 2 heterocycles. The van der Waals surface area contributed by atoms with E-state index < -0.39 is 0 Å². The zero-order valence-electron chi connectivity index (χ0n) is 12.2. The summed E-state index contributed by atoms with van der Waals surface area (Å²) < 4.78 is 0. The molecule has 110 valence electrons. The zero-order chi connectivity index (χ0) is 14.7.